The summed E-state index contributed by atoms with van der Waals surface area (Å²) in [7, 11) is 1.41. The Hall–Kier alpha value is -2.59. The summed E-state index contributed by atoms with van der Waals surface area (Å²) in [6.45, 7) is 2.45. The molecule has 4 rings (SSSR count). The van der Waals surface area contributed by atoms with Gasteiger partial charge in [-0.25, -0.2) is 14.8 Å². The van der Waals surface area contributed by atoms with Crippen molar-refractivity contribution in [2.24, 2.45) is 7.05 Å². The summed E-state index contributed by atoms with van der Waals surface area (Å²) >= 11 is 3.02. The molecule has 27 heavy (non-hydrogen) atoms. The van der Waals surface area contributed by atoms with E-state index in [1.54, 1.807) is 21.7 Å². The molecule has 0 N–H and O–H groups in total. The van der Waals surface area contributed by atoms with E-state index in [2.05, 4.69) is 9.97 Å². The van der Waals surface area contributed by atoms with Crippen LogP contribution in [0.1, 0.15) is 28.5 Å². The van der Waals surface area contributed by atoms with Crippen LogP contribution in [-0.2, 0) is 18.3 Å². The van der Waals surface area contributed by atoms with Gasteiger partial charge in [-0.3, -0.25) is 18.7 Å². The zero-order valence-corrected chi connectivity index (χ0v) is 16.4. The van der Waals surface area contributed by atoms with Gasteiger partial charge in [0.25, 0.3) is 5.56 Å². The Kier molecular flexibility index (Phi) is 4.52. The molecule has 0 aromatic carbocycles. The van der Waals surface area contributed by atoms with Gasteiger partial charge in [0, 0.05) is 43.0 Å². The largest absolute Gasteiger partial charge is 0.331 e. The van der Waals surface area contributed by atoms with Gasteiger partial charge in [-0.2, -0.15) is 0 Å². The van der Waals surface area contributed by atoms with Crippen molar-refractivity contribution in [2.75, 3.05) is 6.54 Å². The summed E-state index contributed by atoms with van der Waals surface area (Å²) in [6.07, 6.45) is 2.04. The fraction of sp³-hybridized carbons (Fsp3) is 0.353. The van der Waals surface area contributed by atoms with Gasteiger partial charge >= 0.3 is 5.69 Å². The number of hydrogen-bond acceptors (Lipinski definition) is 7. The van der Waals surface area contributed by atoms with Crippen LogP contribution in [0.4, 0.5) is 0 Å². The molecule has 1 aliphatic rings. The highest BCUT2D eigenvalue weighted by Crippen LogP contribution is 2.42. The molecule has 140 valence electrons. The smallest absolute Gasteiger partial charge is 0.329 e. The fourth-order valence-electron chi connectivity index (χ4n) is 3.30. The first-order valence-corrected chi connectivity index (χ1v) is 10.2. The first kappa shape index (κ1) is 17.8. The van der Waals surface area contributed by atoms with Crippen LogP contribution in [0, 0.1) is 6.92 Å². The SMILES string of the molecule is Cc1nc(CCN2C(=O)C(n3ccc(=O)n(C)c3=O)C2c2cscn2)cs1. The predicted octanol–water partition coefficient (Wildman–Crippen LogP) is 1.14. The molecule has 2 unspecified atom stereocenters. The van der Waals surface area contributed by atoms with Gasteiger partial charge in [-0.1, -0.05) is 0 Å². The van der Waals surface area contributed by atoms with E-state index in [9.17, 15) is 14.4 Å². The summed E-state index contributed by atoms with van der Waals surface area (Å²) in [5, 5.41) is 4.87. The van der Waals surface area contributed by atoms with Crippen molar-refractivity contribution in [1.29, 1.82) is 0 Å². The summed E-state index contributed by atoms with van der Waals surface area (Å²) in [5.74, 6) is -0.152. The van der Waals surface area contributed by atoms with Gasteiger partial charge in [0.05, 0.1) is 21.9 Å². The van der Waals surface area contributed by atoms with E-state index in [-0.39, 0.29) is 11.9 Å². The number of aromatic nitrogens is 4. The molecule has 3 aromatic heterocycles. The van der Waals surface area contributed by atoms with Crippen LogP contribution < -0.4 is 11.2 Å². The molecule has 2 atom stereocenters. The van der Waals surface area contributed by atoms with Crippen molar-refractivity contribution in [2.45, 2.75) is 25.4 Å². The number of carbonyl (C=O) groups is 1. The van der Waals surface area contributed by atoms with Crippen molar-refractivity contribution in [1.82, 2.24) is 24.0 Å². The van der Waals surface area contributed by atoms with Gasteiger partial charge < -0.3 is 4.90 Å². The molecule has 0 saturated carbocycles. The number of amides is 1. The highest BCUT2D eigenvalue weighted by atomic mass is 32.1. The zero-order valence-electron chi connectivity index (χ0n) is 14.7. The topological polar surface area (TPSA) is 90.1 Å². The number of nitrogens with zero attached hydrogens (tertiary/aromatic N) is 5. The third-order valence-electron chi connectivity index (χ3n) is 4.72. The minimum absolute atomic E-state index is 0.152. The van der Waals surface area contributed by atoms with E-state index in [0.29, 0.717) is 13.0 Å². The van der Waals surface area contributed by atoms with Crippen LogP contribution in [0.25, 0.3) is 0 Å². The Bertz CT molecular complexity index is 1100. The van der Waals surface area contributed by atoms with E-state index in [4.69, 9.17) is 0 Å². The zero-order chi connectivity index (χ0) is 19.1. The maximum absolute atomic E-state index is 12.9. The van der Waals surface area contributed by atoms with Gasteiger partial charge in [0.1, 0.15) is 12.1 Å². The highest BCUT2D eigenvalue weighted by Gasteiger charge is 2.50. The highest BCUT2D eigenvalue weighted by molar-refractivity contribution is 7.09. The maximum atomic E-state index is 12.9. The third kappa shape index (κ3) is 3.04. The van der Waals surface area contributed by atoms with Crippen LogP contribution >= 0.6 is 22.7 Å². The number of β-lactam (4-membered cyclic amide) rings is 1. The van der Waals surface area contributed by atoms with Crippen molar-refractivity contribution in [3.05, 3.63) is 65.8 Å². The average molecular weight is 403 g/mol. The predicted molar refractivity (Wildman–Crippen MR) is 102 cm³/mol. The Morgan fingerprint density at radius 1 is 1.19 bits per heavy atom. The summed E-state index contributed by atoms with van der Waals surface area (Å²) in [5.41, 5.74) is 2.51. The third-order valence-corrected chi connectivity index (χ3v) is 6.14. The maximum Gasteiger partial charge on any atom is 0.331 e. The Balaban J connectivity index is 1.65. The molecule has 1 fully saturated rings. The standard InChI is InChI=1S/C17H17N5O3S2/c1-10-19-11(7-27-10)3-5-21-14(12-8-26-9-18-12)15(16(21)24)22-6-4-13(23)20(2)17(22)25/h4,6-9,14-15H,3,5H2,1-2H3. The monoisotopic (exact) mass is 403 g/mol. The van der Waals surface area contributed by atoms with E-state index >= 15 is 0 Å². The lowest BCUT2D eigenvalue weighted by atomic mass is 9.91. The Morgan fingerprint density at radius 2 is 2.00 bits per heavy atom. The minimum atomic E-state index is -0.691. The Labute approximate surface area is 162 Å². The van der Waals surface area contributed by atoms with Crippen molar-refractivity contribution < 1.29 is 4.79 Å². The van der Waals surface area contributed by atoms with Crippen LogP contribution in [0.5, 0.6) is 0 Å². The molecular weight excluding hydrogens is 386 g/mol. The Morgan fingerprint density at radius 3 is 2.67 bits per heavy atom. The number of likely N-dealkylation sites (tertiary alicyclic amines) is 1. The van der Waals surface area contributed by atoms with E-state index < -0.39 is 17.3 Å². The lowest BCUT2D eigenvalue weighted by Crippen LogP contribution is -2.59. The fourth-order valence-corrected chi connectivity index (χ4v) is 4.53. The van der Waals surface area contributed by atoms with Crippen LogP contribution in [0.15, 0.2) is 38.1 Å². The molecule has 0 radical (unpaired) electrons. The molecule has 0 aliphatic carbocycles. The summed E-state index contributed by atoms with van der Waals surface area (Å²) < 4.78 is 2.34. The van der Waals surface area contributed by atoms with Crippen LogP contribution in [0.2, 0.25) is 0 Å². The number of thiazole rings is 2. The number of hydrogen-bond donors (Lipinski definition) is 0. The molecule has 1 amide bonds. The van der Waals surface area contributed by atoms with E-state index in [1.165, 1.54) is 35.2 Å². The molecule has 0 spiro atoms. The van der Waals surface area contributed by atoms with Gasteiger partial charge in [0.2, 0.25) is 5.91 Å². The molecular formula is C17H17N5O3S2. The number of rotatable bonds is 5. The second-order valence-electron chi connectivity index (χ2n) is 6.35. The molecule has 3 aromatic rings. The van der Waals surface area contributed by atoms with Crippen molar-refractivity contribution >= 4 is 28.6 Å². The lowest BCUT2D eigenvalue weighted by molar-refractivity contribution is -0.155. The van der Waals surface area contributed by atoms with Crippen LogP contribution in [0.3, 0.4) is 0 Å². The van der Waals surface area contributed by atoms with Crippen molar-refractivity contribution in [3.63, 3.8) is 0 Å². The number of aryl methyl sites for hydroxylation is 1. The lowest BCUT2D eigenvalue weighted by Gasteiger charge is -2.46. The van der Waals surface area contributed by atoms with E-state index in [1.807, 2.05) is 17.7 Å². The summed E-state index contributed by atoms with van der Waals surface area (Å²) in [4.78, 5) is 47.6. The molecule has 1 saturated heterocycles. The quantitative estimate of drug-likeness (QED) is 0.596. The van der Waals surface area contributed by atoms with E-state index in [0.717, 1.165) is 21.0 Å². The van der Waals surface area contributed by atoms with Gasteiger partial charge in [0.15, 0.2) is 0 Å². The average Bonchev–Trinajstić information content (AvgIpc) is 3.31. The molecule has 4 heterocycles. The first-order valence-electron chi connectivity index (χ1n) is 8.35. The number of carbonyl (C=O) groups excluding carboxylic acids is 1. The minimum Gasteiger partial charge on any atom is -0.329 e. The summed E-state index contributed by atoms with van der Waals surface area (Å²) in [6, 6.07) is 0.273. The molecule has 8 nitrogen and oxygen atoms in total. The molecule has 1 aliphatic heterocycles. The second-order valence-corrected chi connectivity index (χ2v) is 8.13. The normalized spacial score (nSPS) is 19.3. The molecule has 10 heteroatoms. The van der Waals surface area contributed by atoms with Gasteiger partial charge in [-0.05, 0) is 6.92 Å². The van der Waals surface area contributed by atoms with Crippen molar-refractivity contribution in [3.8, 4) is 0 Å². The molecule has 0 bridgehead atoms. The first-order chi connectivity index (χ1) is 13.0. The van der Waals surface area contributed by atoms with Crippen LogP contribution in [-0.4, -0.2) is 36.5 Å². The van der Waals surface area contributed by atoms with Gasteiger partial charge in [-0.15, -0.1) is 22.7 Å². The second kappa shape index (κ2) is 6.86.